The number of aliphatic hydroxyl groups is 1. The van der Waals surface area contributed by atoms with Crippen LogP contribution in [0.2, 0.25) is 0 Å². The van der Waals surface area contributed by atoms with Crippen LogP contribution < -0.4 is 10.0 Å². The fourth-order valence-corrected chi connectivity index (χ4v) is 5.84. The van der Waals surface area contributed by atoms with Gasteiger partial charge in [-0.3, -0.25) is 4.79 Å². The summed E-state index contributed by atoms with van der Waals surface area (Å²) in [4.78, 5) is 14.7. The van der Waals surface area contributed by atoms with Crippen LogP contribution in [0.25, 0.3) is 0 Å². The molecule has 8 nitrogen and oxygen atoms in total. The van der Waals surface area contributed by atoms with Crippen molar-refractivity contribution in [1.29, 1.82) is 0 Å². The van der Waals surface area contributed by atoms with Crippen LogP contribution in [0.4, 0.5) is 0 Å². The number of carbonyl (C=O) groups is 1. The van der Waals surface area contributed by atoms with Crippen LogP contribution in [-0.4, -0.2) is 75.4 Å². The van der Waals surface area contributed by atoms with Crippen molar-refractivity contribution < 1.29 is 23.1 Å². The van der Waals surface area contributed by atoms with Crippen molar-refractivity contribution in [3.05, 3.63) is 29.8 Å². The van der Waals surface area contributed by atoms with E-state index in [0.717, 1.165) is 25.2 Å². The summed E-state index contributed by atoms with van der Waals surface area (Å²) >= 11 is 0. The molecule has 3 atom stereocenters. The van der Waals surface area contributed by atoms with Crippen molar-refractivity contribution in [3.63, 3.8) is 0 Å². The highest BCUT2D eigenvalue weighted by Gasteiger charge is 2.33. The van der Waals surface area contributed by atoms with Crippen molar-refractivity contribution in [2.24, 2.45) is 0 Å². The van der Waals surface area contributed by atoms with Crippen molar-refractivity contribution in [2.45, 2.75) is 75.0 Å². The SMILES string of the molecule is Cc1cccc(S(=O)(=O)N[C@@H]2CC[C@@H](CCNC(=O)CCN3CCCCC3)O[C@@H]2CO)c1. The molecule has 2 saturated heterocycles. The monoisotopic (exact) mass is 467 g/mol. The summed E-state index contributed by atoms with van der Waals surface area (Å²) < 4.78 is 34.1. The number of sulfonamides is 1. The maximum Gasteiger partial charge on any atom is 0.240 e. The third kappa shape index (κ3) is 7.52. The number of rotatable bonds is 10. The van der Waals surface area contributed by atoms with Crippen molar-refractivity contribution in [2.75, 3.05) is 32.8 Å². The highest BCUT2D eigenvalue weighted by molar-refractivity contribution is 7.89. The second kappa shape index (κ2) is 12.1. The molecule has 180 valence electrons. The highest BCUT2D eigenvalue weighted by atomic mass is 32.2. The Bertz CT molecular complexity index is 842. The van der Waals surface area contributed by atoms with E-state index in [0.29, 0.717) is 32.2 Å². The number of aryl methyl sites for hydroxylation is 1. The summed E-state index contributed by atoms with van der Waals surface area (Å²) in [5, 5.41) is 12.7. The molecule has 0 aromatic heterocycles. The molecule has 1 aromatic rings. The van der Waals surface area contributed by atoms with Crippen LogP contribution in [0.5, 0.6) is 0 Å². The molecule has 2 aliphatic rings. The Hall–Kier alpha value is -1.52. The summed E-state index contributed by atoms with van der Waals surface area (Å²) in [6, 6.07) is 6.25. The zero-order chi connectivity index (χ0) is 23.0. The number of aliphatic hydroxyl groups excluding tert-OH is 1. The molecule has 0 spiro atoms. The van der Waals surface area contributed by atoms with Gasteiger partial charge in [0, 0.05) is 19.5 Å². The second-order valence-electron chi connectivity index (χ2n) is 8.89. The Labute approximate surface area is 191 Å². The quantitative estimate of drug-likeness (QED) is 0.482. The number of hydrogen-bond donors (Lipinski definition) is 3. The maximum absolute atomic E-state index is 12.7. The molecular weight excluding hydrogens is 430 g/mol. The standard InChI is InChI=1S/C23H37N3O5S/c1-18-6-5-7-20(16-18)32(29,30)25-21-9-8-19(31-22(21)17-27)10-12-24-23(28)11-15-26-13-3-2-4-14-26/h5-7,16,19,21-22,25,27H,2-4,8-15,17H2,1H3,(H,24,28)/t19-,21+,22+/m0/s1. The second-order valence-corrected chi connectivity index (χ2v) is 10.6. The van der Waals surface area contributed by atoms with Gasteiger partial charge in [-0.05, 0) is 69.8 Å². The molecule has 2 fully saturated rings. The van der Waals surface area contributed by atoms with E-state index in [2.05, 4.69) is 14.9 Å². The average Bonchev–Trinajstić information content (AvgIpc) is 2.79. The Morgan fingerprint density at radius 1 is 1.22 bits per heavy atom. The molecule has 0 aliphatic carbocycles. The fourth-order valence-electron chi connectivity index (χ4n) is 4.43. The lowest BCUT2D eigenvalue weighted by Crippen LogP contribution is -2.51. The molecule has 3 N–H and O–H groups in total. The first-order chi connectivity index (χ1) is 15.4. The number of nitrogens with one attached hydrogen (secondary N) is 2. The van der Waals surface area contributed by atoms with Gasteiger partial charge in [-0.25, -0.2) is 13.1 Å². The van der Waals surface area contributed by atoms with E-state index in [9.17, 15) is 18.3 Å². The third-order valence-electron chi connectivity index (χ3n) is 6.29. The zero-order valence-electron chi connectivity index (χ0n) is 19.0. The van der Waals surface area contributed by atoms with E-state index < -0.39 is 22.2 Å². The molecule has 0 radical (unpaired) electrons. The first-order valence-electron chi connectivity index (χ1n) is 11.7. The molecule has 32 heavy (non-hydrogen) atoms. The Morgan fingerprint density at radius 3 is 2.72 bits per heavy atom. The molecule has 9 heteroatoms. The molecule has 1 amide bonds. The topological polar surface area (TPSA) is 108 Å². The van der Waals surface area contributed by atoms with Crippen LogP contribution in [0, 0.1) is 6.92 Å². The van der Waals surface area contributed by atoms with Gasteiger partial charge in [-0.1, -0.05) is 18.6 Å². The number of nitrogens with zero attached hydrogens (tertiary/aromatic N) is 1. The summed E-state index contributed by atoms with van der Waals surface area (Å²) in [7, 11) is -3.69. The molecule has 0 unspecified atom stereocenters. The number of carbonyl (C=O) groups excluding carboxylic acids is 1. The molecule has 2 heterocycles. The van der Waals surface area contributed by atoms with Gasteiger partial charge in [0.05, 0.1) is 29.8 Å². The first kappa shape index (κ1) is 25.1. The van der Waals surface area contributed by atoms with Gasteiger partial charge in [0.2, 0.25) is 15.9 Å². The number of hydrogen-bond acceptors (Lipinski definition) is 6. The molecule has 0 saturated carbocycles. The Kier molecular flexibility index (Phi) is 9.48. The molecule has 1 aromatic carbocycles. The first-order valence-corrected chi connectivity index (χ1v) is 13.2. The number of benzene rings is 1. The van der Waals surface area contributed by atoms with Gasteiger partial charge in [0.1, 0.15) is 0 Å². The van der Waals surface area contributed by atoms with Crippen molar-refractivity contribution in [1.82, 2.24) is 14.9 Å². The highest BCUT2D eigenvalue weighted by Crippen LogP contribution is 2.23. The summed E-state index contributed by atoms with van der Waals surface area (Å²) in [6.45, 7) is 5.07. The number of likely N-dealkylation sites (tertiary alicyclic amines) is 1. The lowest BCUT2D eigenvalue weighted by Gasteiger charge is -2.36. The molecule has 3 rings (SSSR count). The number of amides is 1. The van der Waals surface area contributed by atoms with Crippen LogP contribution in [-0.2, 0) is 19.6 Å². The lowest BCUT2D eigenvalue weighted by molar-refractivity contribution is -0.122. The number of piperidine rings is 1. The smallest absolute Gasteiger partial charge is 0.240 e. The summed E-state index contributed by atoms with van der Waals surface area (Å²) in [6.07, 6.45) is 5.39. The third-order valence-corrected chi connectivity index (χ3v) is 7.78. The van der Waals surface area contributed by atoms with E-state index in [1.54, 1.807) is 18.2 Å². The van der Waals surface area contributed by atoms with E-state index in [1.165, 1.54) is 19.3 Å². The van der Waals surface area contributed by atoms with E-state index in [1.807, 2.05) is 13.0 Å². The van der Waals surface area contributed by atoms with E-state index >= 15 is 0 Å². The van der Waals surface area contributed by atoms with Crippen molar-refractivity contribution in [3.8, 4) is 0 Å². The van der Waals surface area contributed by atoms with Gasteiger partial charge in [0.15, 0.2) is 0 Å². The minimum absolute atomic E-state index is 0.0499. The fraction of sp³-hybridized carbons (Fsp3) is 0.696. The minimum Gasteiger partial charge on any atom is -0.394 e. The van der Waals surface area contributed by atoms with Gasteiger partial charge < -0.3 is 20.1 Å². The van der Waals surface area contributed by atoms with Gasteiger partial charge >= 0.3 is 0 Å². The predicted octanol–water partition coefficient (Wildman–Crippen LogP) is 1.56. The van der Waals surface area contributed by atoms with Crippen LogP contribution in [0.15, 0.2) is 29.2 Å². The normalized spacial score (nSPS) is 24.9. The lowest BCUT2D eigenvalue weighted by atomic mass is 9.98. The van der Waals surface area contributed by atoms with E-state index in [-0.39, 0.29) is 23.5 Å². The van der Waals surface area contributed by atoms with Crippen LogP contribution in [0.3, 0.4) is 0 Å². The molecule has 2 aliphatic heterocycles. The van der Waals surface area contributed by atoms with Gasteiger partial charge in [0.25, 0.3) is 0 Å². The Morgan fingerprint density at radius 2 is 2.00 bits per heavy atom. The predicted molar refractivity (Wildman–Crippen MR) is 123 cm³/mol. The number of ether oxygens (including phenoxy) is 1. The average molecular weight is 468 g/mol. The molecule has 0 bridgehead atoms. The van der Waals surface area contributed by atoms with Gasteiger partial charge in [-0.2, -0.15) is 0 Å². The van der Waals surface area contributed by atoms with Gasteiger partial charge in [-0.15, -0.1) is 0 Å². The zero-order valence-corrected chi connectivity index (χ0v) is 19.8. The van der Waals surface area contributed by atoms with Crippen molar-refractivity contribution >= 4 is 15.9 Å². The summed E-state index contributed by atoms with van der Waals surface area (Å²) in [5.74, 6) is 0.0499. The van der Waals surface area contributed by atoms with Crippen LogP contribution >= 0.6 is 0 Å². The molecular formula is C23H37N3O5S. The Balaban J connectivity index is 1.40. The van der Waals surface area contributed by atoms with Crippen LogP contribution in [0.1, 0.15) is 50.5 Å². The maximum atomic E-state index is 12.7. The summed E-state index contributed by atoms with van der Waals surface area (Å²) in [5.41, 5.74) is 0.865. The minimum atomic E-state index is -3.69. The van der Waals surface area contributed by atoms with E-state index in [4.69, 9.17) is 4.74 Å². The largest absolute Gasteiger partial charge is 0.394 e.